The van der Waals surface area contributed by atoms with E-state index in [1.54, 1.807) is 42.7 Å². The summed E-state index contributed by atoms with van der Waals surface area (Å²) >= 11 is 0. The SMILES string of the molecule is CC#N.F[B-](F)(F)F.F[B-](F)(F)F.Fc1cccc(F)c1-c1cccc(C(c2cccc(-c3c(F)cccc3F)n2)N(Cc2ccccn2)Cc2ccccn2)n1.[Fe+3]. The molecule has 6 rings (SSSR count). The van der Waals surface area contributed by atoms with E-state index < -0.39 is 43.8 Å². The zero-order chi connectivity index (χ0) is 42.2. The van der Waals surface area contributed by atoms with Gasteiger partial charge < -0.3 is 34.5 Å². The van der Waals surface area contributed by atoms with Gasteiger partial charge >= 0.3 is 31.6 Å². The molecule has 0 amide bonds. The molecule has 0 N–H and O–H groups in total. The Kier molecular flexibility index (Phi) is 19.1. The van der Waals surface area contributed by atoms with Gasteiger partial charge in [0.2, 0.25) is 0 Å². The van der Waals surface area contributed by atoms with Crippen molar-refractivity contribution in [1.82, 2.24) is 24.8 Å². The fourth-order valence-corrected chi connectivity index (χ4v) is 5.13. The molecule has 0 fully saturated rings. The van der Waals surface area contributed by atoms with E-state index in [0.29, 0.717) is 24.5 Å². The van der Waals surface area contributed by atoms with Gasteiger partial charge in [0, 0.05) is 32.4 Å². The number of benzene rings is 2. The summed E-state index contributed by atoms with van der Waals surface area (Å²) in [5.74, 6) is -3.00. The van der Waals surface area contributed by atoms with Crippen molar-refractivity contribution in [2.75, 3.05) is 0 Å². The fourth-order valence-electron chi connectivity index (χ4n) is 5.13. The smallest absolute Gasteiger partial charge is 0.418 e. The molecule has 0 atom stereocenters. The molecule has 58 heavy (non-hydrogen) atoms. The summed E-state index contributed by atoms with van der Waals surface area (Å²) in [6.45, 7) is 2.05. The monoisotopic (exact) mass is 862 g/mol. The topological polar surface area (TPSA) is 78.6 Å². The summed E-state index contributed by atoms with van der Waals surface area (Å²) in [5.41, 5.74) is 1.96. The second-order valence-corrected chi connectivity index (χ2v) is 11.3. The number of rotatable bonds is 9. The number of hydrogen-bond acceptors (Lipinski definition) is 6. The molecule has 0 saturated carbocycles. The molecule has 0 aliphatic heterocycles. The van der Waals surface area contributed by atoms with Crippen molar-refractivity contribution in [2.45, 2.75) is 26.1 Å². The predicted molar refractivity (Wildman–Crippen MR) is 190 cm³/mol. The normalized spacial score (nSPS) is 10.8. The van der Waals surface area contributed by atoms with Crippen molar-refractivity contribution in [2.24, 2.45) is 0 Å². The Balaban J connectivity index is 0.000000725. The van der Waals surface area contributed by atoms with Crippen LogP contribution in [0.3, 0.4) is 0 Å². The second kappa shape index (κ2) is 22.9. The zero-order valence-corrected chi connectivity index (χ0v) is 30.9. The van der Waals surface area contributed by atoms with Crippen molar-refractivity contribution in [3.05, 3.63) is 168 Å². The summed E-state index contributed by atoms with van der Waals surface area (Å²) in [6.07, 6.45) is 3.37. The van der Waals surface area contributed by atoms with Crippen LogP contribution in [0.15, 0.2) is 122 Å². The van der Waals surface area contributed by atoms with E-state index >= 15 is 0 Å². The minimum absolute atomic E-state index is 0. The molecule has 6 nitrogen and oxygen atoms in total. The molecule has 303 valence electrons. The van der Waals surface area contributed by atoms with Gasteiger partial charge in [-0.1, -0.05) is 36.4 Å². The molecule has 0 spiro atoms. The first kappa shape index (κ1) is 48.4. The first-order valence-corrected chi connectivity index (χ1v) is 16.3. The van der Waals surface area contributed by atoms with Crippen molar-refractivity contribution in [1.29, 1.82) is 5.26 Å². The maximum atomic E-state index is 14.9. The van der Waals surface area contributed by atoms with E-state index in [1.807, 2.05) is 41.3 Å². The van der Waals surface area contributed by atoms with Crippen molar-refractivity contribution in [3.8, 4) is 28.6 Å². The van der Waals surface area contributed by atoms with E-state index in [-0.39, 0.29) is 39.6 Å². The van der Waals surface area contributed by atoms with Gasteiger partial charge in [0.1, 0.15) is 23.3 Å². The maximum absolute atomic E-state index is 14.9. The average molecular weight is 862 g/mol. The van der Waals surface area contributed by atoms with Crippen LogP contribution in [0.25, 0.3) is 22.5 Å². The molecule has 6 aromatic rings. The second-order valence-electron chi connectivity index (χ2n) is 11.3. The van der Waals surface area contributed by atoms with Crippen molar-refractivity contribution in [3.63, 3.8) is 0 Å². The van der Waals surface area contributed by atoms with E-state index in [9.17, 15) is 52.1 Å². The minimum atomic E-state index is -6.00. The Morgan fingerprint density at radius 1 is 0.534 bits per heavy atom. The Morgan fingerprint density at radius 2 is 0.845 bits per heavy atom. The number of pyridine rings is 4. The molecular formula is C37H28B2F12FeN6+. The van der Waals surface area contributed by atoms with Crippen LogP contribution in [0.2, 0.25) is 0 Å². The number of aromatic nitrogens is 4. The Labute approximate surface area is 335 Å². The number of hydrogen-bond donors (Lipinski definition) is 0. The molecular weight excluding hydrogens is 834 g/mol. The van der Waals surface area contributed by atoms with Crippen molar-refractivity contribution < 1.29 is 69.2 Å². The molecule has 0 aliphatic rings. The summed E-state index contributed by atoms with van der Waals surface area (Å²) in [5, 5.41) is 7.32. The summed E-state index contributed by atoms with van der Waals surface area (Å²) < 4.78 is 137. The van der Waals surface area contributed by atoms with Crippen LogP contribution in [0.4, 0.5) is 52.1 Å². The van der Waals surface area contributed by atoms with Gasteiger partial charge in [0.25, 0.3) is 0 Å². The van der Waals surface area contributed by atoms with Gasteiger partial charge in [-0.2, -0.15) is 5.26 Å². The van der Waals surface area contributed by atoms with E-state index in [2.05, 4.69) is 9.97 Å². The Hall–Kier alpha value is -5.70. The van der Waals surface area contributed by atoms with Crippen LogP contribution in [-0.4, -0.2) is 39.3 Å². The van der Waals surface area contributed by atoms with Gasteiger partial charge in [-0.05, 0) is 72.8 Å². The molecule has 2 aromatic carbocycles. The van der Waals surface area contributed by atoms with E-state index in [0.717, 1.165) is 11.4 Å². The Morgan fingerprint density at radius 3 is 1.14 bits per heavy atom. The van der Waals surface area contributed by atoms with Gasteiger partial charge in [0.05, 0.1) is 57.4 Å². The standard InChI is InChI=1S/C35H25F4N5.C2H3N.2BF4.Fe/c36-25-11-5-12-26(37)33(25)29-15-7-17-31(42-29)35(32-18-8-16-30(43-32)34-27(38)13-6-14-28(34)39)44(21-23-9-1-3-19-40-23)22-24-10-2-4-20-41-24;1-2-3;2*2-1(3,4)5;/h1-20,35H,21-22H2;1H3;;;/q;;2*-1;+3. The first-order valence-electron chi connectivity index (χ1n) is 16.3. The molecule has 4 heterocycles. The number of halogens is 12. The fraction of sp³-hybridized carbons (Fsp3) is 0.108. The Bertz CT molecular complexity index is 2010. The van der Waals surface area contributed by atoms with Crippen LogP contribution in [0.1, 0.15) is 35.7 Å². The van der Waals surface area contributed by atoms with Crippen LogP contribution in [-0.2, 0) is 30.2 Å². The summed E-state index contributed by atoms with van der Waals surface area (Å²) in [4.78, 5) is 20.5. The molecule has 0 aliphatic carbocycles. The van der Waals surface area contributed by atoms with Gasteiger partial charge in [-0.3, -0.25) is 24.8 Å². The van der Waals surface area contributed by atoms with E-state index in [4.69, 9.17) is 15.2 Å². The van der Waals surface area contributed by atoms with Crippen LogP contribution >= 0.6 is 0 Å². The average Bonchev–Trinajstić information content (AvgIpc) is 3.12. The zero-order valence-electron chi connectivity index (χ0n) is 29.8. The van der Waals surface area contributed by atoms with Gasteiger partial charge in [-0.15, -0.1) is 0 Å². The van der Waals surface area contributed by atoms with E-state index in [1.165, 1.54) is 55.5 Å². The predicted octanol–water partition coefficient (Wildman–Crippen LogP) is 11.1. The molecule has 1 radical (unpaired) electrons. The van der Waals surface area contributed by atoms with Gasteiger partial charge in [-0.25, -0.2) is 17.6 Å². The first-order chi connectivity index (χ1) is 26.9. The molecule has 0 unspecified atom stereocenters. The molecule has 0 bridgehead atoms. The maximum Gasteiger partial charge on any atom is 3.00 e. The third-order valence-electron chi connectivity index (χ3n) is 7.09. The van der Waals surface area contributed by atoms with Crippen LogP contribution in [0, 0.1) is 34.6 Å². The number of nitrogens with zero attached hydrogens (tertiary/aromatic N) is 6. The molecule has 0 saturated heterocycles. The largest absolute Gasteiger partial charge is 3.00 e. The van der Waals surface area contributed by atoms with Gasteiger partial charge in [0.15, 0.2) is 0 Å². The van der Waals surface area contributed by atoms with Crippen molar-refractivity contribution >= 4 is 14.5 Å². The molecule has 21 heteroatoms. The molecule has 4 aromatic heterocycles. The third-order valence-corrected chi connectivity index (χ3v) is 7.09. The minimum Gasteiger partial charge on any atom is -0.418 e. The van der Waals surface area contributed by atoms with Crippen LogP contribution in [0.5, 0.6) is 0 Å². The summed E-state index contributed by atoms with van der Waals surface area (Å²) in [6, 6.07) is 29.2. The summed E-state index contributed by atoms with van der Waals surface area (Å²) in [7, 11) is -12.0. The van der Waals surface area contributed by atoms with Crippen LogP contribution < -0.4 is 0 Å². The third kappa shape index (κ3) is 16.4. The number of nitriles is 1. The quantitative estimate of drug-likeness (QED) is 0.106.